The molecule has 0 aliphatic rings. The van der Waals surface area contributed by atoms with Crippen LogP contribution < -0.4 is 10.1 Å². The van der Waals surface area contributed by atoms with Crippen molar-refractivity contribution in [3.8, 4) is 11.5 Å². The zero-order valence-electron chi connectivity index (χ0n) is 15.2. The molecule has 1 N–H and O–H groups in total. The lowest BCUT2D eigenvalue weighted by Crippen LogP contribution is -1.99. The van der Waals surface area contributed by atoms with Gasteiger partial charge in [0.25, 0.3) is 0 Å². The standard InChI is InChI=1S/C20H14Cl2N6O/c1-27-18(22)9-16-19(27)20(24-11-23-16)26-12-2-5-17(15(21)8-12)29-14-4-3-13-6-7-25-28(13)10-14/h2-11H,1H3,(H,23,24,26). The van der Waals surface area contributed by atoms with E-state index in [1.54, 1.807) is 35.1 Å². The van der Waals surface area contributed by atoms with Gasteiger partial charge >= 0.3 is 0 Å². The van der Waals surface area contributed by atoms with E-state index in [9.17, 15) is 0 Å². The normalized spacial score (nSPS) is 11.3. The average Bonchev–Trinajstić information content (AvgIpc) is 3.28. The average molecular weight is 425 g/mol. The number of pyridine rings is 1. The summed E-state index contributed by atoms with van der Waals surface area (Å²) in [5, 5.41) is 8.52. The molecule has 0 aliphatic carbocycles. The summed E-state index contributed by atoms with van der Waals surface area (Å²) in [4.78, 5) is 8.59. The van der Waals surface area contributed by atoms with Gasteiger partial charge < -0.3 is 14.6 Å². The Morgan fingerprint density at radius 3 is 2.79 bits per heavy atom. The van der Waals surface area contributed by atoms with Crippen molar-refractivity contribution in [3.05, 3.63) is 71.4 Å². The molecule has 0 atom stereocenters. The van der Waals surface area contributed by atoms with Crippen molar-refractivity contribution in [1.82, 2.24) is 24.1 Å². The number of anilines is 2. The zero-order valence-corrected chi connectivity index (χ0v) is 16.7. The minimum atomic E-state index is 0.464. The molecule has 29 heavy (non-hydrogen) atoms. The second-order valence-corrected chi connectivity index (χ2v) is 7.21. The zero-order chi connectivity index (χ0) is 20.0. The van der Waals surface area contributed by atoms with Crippen LogP contribution in [0.25, 0.3) is 16.6 Å². The first-order valence-electron chi connectivity index (χ1n) is 8.72. The highest BCUT2D eigenvalue weighted by Gasteiger charge is 2.12. The number of nitrogens with zero attached hydrogens (tertiary/aromatic N) is 5. The molecule has 0 aliphatic heterocycles. The van der Waals surface area contributed by atoms with Crippen LogP contribution in [0.2, 0.25) is 10.2 Å². The molecule has 0 spiro atoms. The van der Waals surface area contributed by atoms with E-state index < -0.39 is 0 Å². The maximum absolute atomic E-state index is 6.45. The van der Waals surface area contributed by atoms with Crippen molar-refractivity contribution in [2.24, 2.45) is 7.05 Å². The first-order chi connectivity index (χ1) is 14.1. The molecule has 0 amide bonds. The smallest absolute Gasteiger partial charge is 0.158 e. The highest BCUT2D eigenvalue weighted by atomic mass is 35.5. The van der Waals surface area contributed by atoms with Gasteiger partial charge in [-0.1, -0.05) is 23.2 Å². The van der Waals surface area contributed by atoms with Gasteiger partial charge in [-0.05, 0) is 36.4 Å². The van der Waals surface area contributed by atoms with Gasteiger partial charge in [0.2, 0.25) is 0 Å². The Hall–Kier alpha value is -3.29. The van der Waals surface area contributed by atoms with Crippen LogP contribution in [-0.4, -0.2) is 24.1 Å². The molecule has 1 aromatic carbocycles. The van der Waals surface area contributed by atoms with Gasteiger partial charge in [0, 0.05) is 25.0 Å². The highest BCUT2D eigenvalue weighted by molar-refractivity contribution is 6.32. The maximum Gasteiger partial charge on any atom is 0.158 e. The Bertz CT molecular complexity index is 1360. The molecule has 0 unspecified atom stereocenters. The van der Waals surface area contributed by atoms with Crippen molar-refractivity contribution >= 4 is 51.3 Å². The number of nitrogens with one attached hydrogen (secondary N) is 1. The summed E-state index contributed by atoms with van der Waals surface area (Å²) in [6, 6.07) is 13.0. The second-order valence-electron chi connectivity index (χ2n) is 6.42. The lowest BCUT2D eigenvalue weighted by atomic mass is 10.3. The molecule has 0 saturated carbocycles. The number of benzene rings is 1. The van der Waals surface area contributed by atoms with Gasteiger partial charge in [0.1, 0.15) is 28.5 Å². The summed E-state index contributed by atoms with van der Waals surface area (Å²) in [6.45, 7) is 0. The van der Waals surface area contributed by atoms with Crippen molar-refractivity contribution in [3.63, 3.8) is 0 Å². The fourth-order valence-electron chi connectivity index (χ4n) is 3.12. The topological polar surface area (TPSA) is 69.3 Å². The molecule has 144 valence electrons. The minimum Gasteiger partial charge on any atom is -0.454 e. The summed E-state index contributed by atoms with van der Waals surface area (Å²) in [7, 11) is 1.86. The quantitative estimate of drug-likeness (QED) is 0.414. The van der Waals surface area contributed by atoms with Crippen LogP contribution in [0.15, 0.2) is 61.2 Å². The molecule has 0 bridgehead atoms. The maximum atomic E-state index is 6.45. The van der Waals surface area contributed by atoms with Gasteiger partial charge in [-0.3, -0.25) is 0 Å². The Balaban J connectivity index is 1.42. The molecule has 0 radical (unpaired) electrons. The van der Waals surface area contributed by atoms with Crippen molar-refractivity contribution in [2.45, 2.75) is 0 Å². The summed E-state index contributed by atoms with van der Waals surface area (Å²) in [5.74, 6) is 1.82. The number of hydrogen-bond acceptors (Lipinski definition) is 5. The van der Waals surface area contributed by atoms with Crippen molar-refractivity contribution in [1.29, 1.82) is 0 Å². The van der Waals surface area contributed by atoms with E-state index >= 15 is 0 Å². The van der Waals surface area contributed by atoms with Crippen molar-refractivity contribution in [2.75, 3.05) is 5.32 Å². The molecule has 5 aromatic rings. The summed E-state index contributed by atoms with van der Waals surface area (Å²) >= 11 is 12.7. The number of hydrogen-bond donors (Lipinski definition) is 1. The van der Waals surface area contributed by atoms with Crippen molar-refractivity contribution < 1.29 is 4.74 Å². The van der Waals surface area contributed by atoms with Crippen LogP contribution in [0, 0.1) is 0 Å². The van der Waals surface area contributed by atoms with Gasteiger partial charge in [0.15, 0.2) is 5.82 Å². The number of fused-ring (bicyclic) bond motifs is 2. The SMILES string of the molecule is Cn1c(Cl)cc2ncnc(Nc3ccc(Oc4ccc5ccnn5c4)c(Cl)c3)c21. The third-order valence-corrected chi connectivity index (χ3v) is 5.21. The van der Waals surface area contributed by atoms with Gasteiger partial charge in [-0.25, -0.2) is 14.5 Å². The number of ether oxygens (including phenoxy) is 1. The van der Waals surface area contributed by atoms with E-state index in [0.29, 0.717) is 27.5 Å². The monoisotopic (exact) mass is 424 g/mol. The van der Waals surface area contributed by atoms with Gasteiger partial charge in [0.05, 0.1) is 22.3 Å². The molecule has 4 heterocycles. The summed E-state index contributed by atoms with van der Waals surface area (Å²) in [6.07, 6.45) is 5.02. The Kier molecular flexibility index (Phi) is 4.26. The summed E-state index contributed by atoms with van der Waals surface area (Å²) in [5.41, 5.74) is 3.32. The number of halogens is 2. The predicted octanol–water partition coefficient (Wildman–Crippen LogP) is 5.46. The predicted molar refractivity (Wildman–Crippen MR) is 114 cm³/mol. The number of rotatable bonds is 4. The van der Waals surface area contributed by atoms with Crippen LogP contribution in [0.3, 0.4) is 0 Å². The summed E-state index contributed by atoms with van der Waals surface area (Å²) < 4.78 is 9.48. The van der Waals surface area contributed by atoms with Crippen LogP contribution in [0.5, 0.6) is 11.5 Å². The van der Waals surface area contributed by atoms with E-state index in [1.807, 2.05) is 35.9 Å². The Morgan fingerprint density at radius 1 is 1.03 bits per heavy atom. The first-order valence-corrected chi connectivity index (χ1v) is 9.48. The van der Waals surface area contributed by atoms with E-state index in [2.05, 4.69) is 20.4 Å². The second kappa shape index (κ2) is 6.95. The highest BCUT2D eigenvalue weighted by Crippen LogP contribution is 2.34. The Labute approximate surface area is 175 Å². The fourth-order valence-corrected chi connectivity index (χ4v) is 3.52. The van der Waals surface area contributed by atoms with E-state index in [0.717, 1.165) is 22.2 Å². The molecule has 9 heteroatoms. The molecule has 0 saturated heterocycles. The molecule has 7 nitrogen and oxygen atoms in total. The molecular formula is C20H14Cl2N6O. The number of aryl methyl sites for hydroxylation is 1. The molecule has 4 aromatic heterocycles. The van der Waals surface area contributed by atoms with Gasteiger partial charge in [-0.2, -0.15) is 5.10 Å². The fraction of sp³-hybridized carbons (Fsp3) is 0.0500. The largest absolute Gasteiger partial charge is 0.454 e. The van der Waals surface area contributed by atoms with Crippen LogP contribution in [0.4, 0.5) is 11.5 Å². The number of aromatic nitrogens is 5. The minimum absolute atomic E-state index is 0.464. The van der Waals surface area contributed by atoms with E-state index in [1.165, 1.54) is 6.33 Å². The van der Waals surface area contributed by atoms with E-state index in [4.69, 9.17) is 27.9 Å². The lowest BCUT2D eigenvalue weighted by Gasteiger charge is -2.11. The third-order valence-electron chi connectivity index (χ3n) is 4.55. The molecule has 5 rings (SSSR count). The lowest BCUT2D eigenvalue weighted by molar-refractivity contribution is 0.479. The molecular weight excluding hydrogens is 411 g/mol. The molecule has 0 fully saturated rings. The van der Waals surface area contributed by atoms with Crippen LogP contribution >= 0.6 is 23.2 Å². The van der Waals surface area contributed by atoms with Crippen LogP contribution in [-0.2, 0) is 7.05 Å². The van der Waals surface area contributed by atoms with Gasteiger partial charge in [-0.15, -0.1) is 0 Å². The first kappa shape index (κ1) is 17.8. The van der Waals surface area contributed by atoms with Crippen LogP contribution in [0.1, 0.15) is 0 Å². The Morgan fingerprint density at radius 2 is 1.93 bits per heavy atom. The third kappa shape index (κ3) is 3.24. The van der Waals surface area contributed by atoms with E-state index in [-0.39, 0.29) is 0 Å².